The molecule has 43 heavy (non-hydrogen) atoms. The number of ether oxygens (including phenoxy) is 1. The zero-order valence-electron chi connectivity index (χ0n) is 23.0. The Kier molecular flexibility index (Phi) is 12.3. The Morgan fingerprint density at radius 1 is 0.977 bits per heavy atom. The molecule has 0 bridgehead atoms. The molecular weight excluding hydrogens is 812 g/mol. The minimum atomic E-state index is -1.15. The number of aromatic carboxylic acids is 1. The highest BCUT2D eigenvalue weighted by molar-refractivity contribution is 14.1. The number of hydrogen-bond donors (Lipinski definition) is 3. The number of aryl methyl sites for hydroxylation is 1. The number of pyridine rings is 2. The van der Waals surface area contributed by atoms with E-state index < -0.39 is 23.6 Å². The second-order valence-electron chi connectivity index (χ2n) is 8.74. The quantitative estimate of drug-likeness (QED) is 0.0947. The van der Waals surface area contributed by atoms with Gasteiger partial charge in [0.25, 0.3) is 5.56 Å². The lowest BCUT2D eigenvalue weighted by Gasteiger charge is -2.15. The van der Waals surface area contributed by atoms with Crippen molar-refractivity contribution in [1.29, 1.82) is 0 Å². The zero-order valence-corrected chi connectivity index (χ0v) is 28.0. The number of carbonyl (C=O) groups is 2. The SMILES string of the molecule is CCOC(=O)c1cn(C)c(=O)cc1Nc1ccc(I)cc1F.CCc1c(Cl)ncc(C(=O)O)c1Nc1ccc(I)cc1F. The predicted octanol–water partition coefficient (Wildman–Crippen LogP) is 7.53. The minimum Gasteiger partial charge on any atom is -0.478 e. The summed E-state index contributed by atoms with van der Waals surface area (Å²) in [6.07, 6.45) is 3.01. The fourth-order valence-corrected chi connectivity index (χ4v) is 4.91. The maximum Gasteiger partial charge on any atom is 0.341 e. The van der Waals surface area contributed by atoms with E-state index >= 15 is 0 Å². The zero-order chi connectivity index (χ0) is 31.8. The first-order chi connectivity index (χ1) is 20.4. The molecule has 0 spiro atoms. The second-order valence-corrected chi connectivity index (χ2v) is 11.6. The van der Waals surface area contributed by atoms with E-state index in [0.29, 0.717) is 12.0 Å². The number of rotatable bonds is 8. The molecule has 0 amide bonds. The first-order valence-electron chi connectivity index (χ1n) is 12.6. The third-order valence-corrected chi connectivity index (χ3v) is 7.49. The van der Waals surface area contributed by atoms with Crippen molar-refractivity contribution in [2.75, 3.05) is 17.2 Å². The van der Waals surface area contributed by atoms with Gasteiger partial charge in [0.1, 0.15) is 22.4 Å². The van der Waals surface area contributed by atoms with Crippen LogP contribution in [0, 0.1) is 18.8 Å². The Hall–Kier alpha value is -3.31. The first kappa shape index (κ1) is 34.2. The van der Waals surface area contributed by atoms with E-state index in [4.69, 9.17) is 16.3 Å². The number of benzene rings is 2. The molecule has 0 unspecified atom stereocenters. The van der Waals surface area contributed by atoms with E-state index in [0.717, 1.165) is 13.3 Å². The van der Waals surface area contributed by atoms with E-state index in [9.17, 15) is 28.3 Å². The molecule has 226 valence electrons. The maximum atomic E-state index is 13.9. The first-order valence-corrected chi connectivity index (χ1v) is 15.1. The third-order valence-electron chi connectivity index (χ3n) is 5.83. The summed E-state index contributed by atoms with van der Waals surface area (Å²) in [6.45, 7) is 3.72. The van der Waals surface area contributed by atoms with Crippen molar-refractivity contribution >= 4 is 91.5 Å². The number of hydrogen-bond acceptors (Lipinski definition) is 7. The van der Waals surface area contributed by atoms with Crippen molar-refractivity contribution < 1.29 is 28.2 Å². The normalized spacial score (nSPS) is 10.4. The molecule has 2 aromatic heterocycles. The van der Waals surface area contributed by atoms with Crippen molar-refractivity contribution in [3.05, 3.63) is 106 Å². The van der Waals surface area contributed by atoms with Crippen LogP contribution in [0.3, 0.4) is 0 Å². The molecule has 0 saturated heterocycles. The summed E-state index contributed by atoms with van der Waals surface area (Å²) in [5.41, 5.74) is 1.19. The Labute approximate surface area is 277 Å². The van der Waals surface area contributed by atoms with Gasteiger partial charge in [0.15, 0.2) is 0 Å². The average Bonchev–Trinajstić information content (AvgIpc) is 2.94. The summed E-state index contributed by atoms with van der Waals surface area (Å²) in [4.78, 5) is 38.9. The lowest BCUT2D eigenvalue weighted by molar-refractivity contribution is 0.0526. The van der Waals surface area contributed by atoms with Gasteiger partial charge in [-0.2, -0.15) is 0 Å². The van der Waals surface area contributed by atoms with Crippen molar-refractivity contribution in [3.63, 3.8) is 0 Å². The number of aromatic nitrogens is 2. The molecule has 14 heteroatoms. The Bertz CT molecular complexity index is 1740. The van der Waals surface area contributed by atoms with Crippen LogP contribution in [0.25, 0.3) is 0 Å². The van der Waals surface area contributed by atoms with Gasteiger partial charge in [0, 0.05) is 38.2 Å². The van der Waals surface area contributed by atoms with Gasteiger partial charge >= 0.3 is 11.9 Å². The predicted molar refractivity (Wildman–Crippen MR) is 178 cm³/mol. The fraction of sp³-hybridized carbons (Fsp3) is 0.172. The summed E-state index contributed by atoms with van der Waals surface area (Å²) in [7, 11) is 1.53. The number of nitrogens with zero attached hydrogens (tertiary/aromatic N) is 2. The van der Waals surface area contributed by atoms with Crippen LogP contribution in [0.2, 0.25) is 5.15 Å². The van der Waals surface area contributed by atoms with E-state index in [-0.39, 0.29) is 51.2 Å². The molecule has 0 aliphatic heterocycles. The molecule has 0 aliphatic carbocycles. The van der Waals surface area contributed by atoms with Crippen LogP contribution in [0.5, 0.6) is 0 Å². The molecule has 4 aromatic rings. The molecule has 3 N–H and O–H groups in total. The van der Waals surface area contributed by atoms with Gasteiger partial charge in [-0.15, -0.1) is 0 Å². The second kappa shape index (κ2) is 15.4. The number of anilines is 4. The third kappa shape index (κ3) is 8.86. The summed E-state index contributed by atoms with van der Waals surface area (Å²) >= 11 is 9.99. The van der Waals surface area contributed by atoms with Gasteiger partial charge in [-0.3, -0.25) is 4.79 Å². The van der Waals surface area contributed by atoms with Gasteiger partial charge in [0.2, 0.25) is 0 Å². The Balaban J connectivity index is 0.000000236. The fourth-order valence-electron chi connectivity index (χ4n) is 3.72. The molecule has 2 heterocycles. The van der Waals surface area contributed by atoms with Crippen LogP contribution in [0.1, 0.15) is 40.1 Å². The van der Waals surface area contributed by atoms with Gasteiger partial charge in [0.05, 0.1) is 34.9 Å². The van der Waals surface area contributed by atoms with Crippen molar-refractivity contribution in [3.8, 4) is 0 Å². The van der Waals surface area contributed by atoms with Crippen LogP contribution in [0.4, 0.5) is 31.5 Å². The highest BCUT2D eigenvalue weighted by Crippen LogP contribution is 2.31. The lowest BCUT2D eigenvalue weighted by atomic mass is 10.1. The molecule has 0 aliphatic rings. The van der Waals surface area contributed by atoms with E-state index in [1.807, 2.05) is 52.1 Å². The molecular formula is C29H25ClF2I2N4O5. The van der Waals surface area contributed by atoms with E-state index in [2.05, 4.69) is 15.6 Å². The molecule has 0 atom stereocenters. The monoisotopic (exact) mass is 836 g/mol. The highest BCUT2D eigenvalue weighted by Gasteiger charge is 2.19. The molecule has 9 nitrogen and oxygen atoms in total. The number of carboxylic acid groups (broad SMARTS) is 1. The van der Waals surface area contributed by atoms with Crippen LogP contribution in [-0.2, 0) is 18.2 Å². The smallest absolute Gasteiger partial charge is 0.341 e. The number of carbonyl (C=O) groups excluding carboxylic acids is 1. The number of nitrogens with one attached hydrogen (secondary N) is 2. The minimum absolute atomic E-state index is 0.0470. The average molecular weight is 837 g/mol. The van der Waals surface area contributed by atoms with Crippen LogP contribution in [-0.4, -0.2) is 33.2 Å². The van der Waals surface area contributed by atoms with Gasteiger partial charge < -0.3 is 25.0 Å². The van der Waals surface area contributed by atoms with E-state index in [1.54, 1.807) is 31.2 Å². The summed E-state index contributed by atoms with van der Waals surface area (Å²) < 4.78 is 35.6. The van der Waals surface area contributed by atoms with Gasteiger partial charge in [-0.1, -0.05) is 18.5 Å². The summed E-state index contributed by atoms with van der Waals surface area (Å²) in [5, 5.41) is 15.1. The number of halogens is 5. The van der Waals surface area contributed by atoms with Crippen molar-refractivity contribution in [1.82, 2.24) is 9.55 Å². The van der Waals surface area contributed by atoms with Crippen LogP contribution in [0.15, 0.2) is 59.7 Å². The molecule has 0 fully saturated rings. The van der Waals surface area contributed by atoms with Crippen LogP contribution < -0.4 is 16.2 Å². The van der Waals surface area contributed by atoms with Crippen LogP contribution >= 0.6 is 56.8 Å². The maximum absolute atomic E-state index is 13.9. The lowest BCUT2D eigenvalue weighted by Crippen LogP contribution is -2.20. The van der Waals surface area contributed by atoms with Crippen molar-refractivity contribution in [2.24, 2.45) is 7.05 Å². The van der Waals surface area contributed by atoms with Crippen molar-refractivity contribution in [2.45, 2.75) is 20.3 Å². The topological polar surface area (TPSA) is 123 Å². The summed E-state index contributed by atoms with van der Waals surface area (Å²) in [6, 6.07) is 10.5. The Morgan fingerprint density at radius 2 is 1.56 bits per heavy atom. The van der Waals surface area contributed by atoms with E-state index in [1.165, 1.54) is 36.0 Å². The van der Waals surface area contributed by atoms with Gasteiger partial charge in [-0.05, 0) is 94.9 Å². The number of carboxylic acids is 1. The highest BCUT2D eigenvalue weighted by atomic mass is 127. The largest absolute Gasteiger partial charge is 0.478 e. The summed E-state index contributed by atoms with van der Waals surface area (Å²) in [5.74, 6) is -2.66. The molecule has 2 aromatic carbocycles. The standard InChI is InChI=1S/C15H14FIN2O3.C14H11ClFIN2O2/c1-3-22-15(21)10-8-19(2)14(20)7-13(10)18-12-5-4-9(17)6-11(12)16;1-2-8-12(9(14(20)21)6-18-13(8)15)19-11-4-3-7(17)5-10(11)16/h4-8,18H,3H2,1-2H3;3-6H,2H2,1H3,(H,18,19)(H,20,21). The number of esters is 1. The Morgan fingerprint density at radius 3 is 2.07 bits per heavy atom. The molecule has 0 radical (unpaired) electrons. The molecule has 0 saturated carbocycles. The molecule has 4 rings (SSSR count). The van der Waals surface area contributed by atoms with Gasteiger partial charge in [-0.25, -0.2) is 23.4 Å².